The van der Waals surface area contributed by atoms with Crippen LogP contribution in [0.1, 0.15) is 0 Å². The largest absolute Gasteiger partial charge is 1.00 e. The molecule has 3 heteroatoms. The minimum absolute atomic E-state index is 0. The molecule has 5 heavy (non-hydrogen) atoms. The van der Waals surface area contributed by atoms with Gasteiger partial charge in [-0.25, -0.2) is 11.2 Å². The molecule has 0 aliphatic heterocycles. The van der Waals surface area contributed by atoms with E-state index >= 15 is 0 Å². The summed E-state index contributed by atoms with van der Waals surface area (Å²) in [6.07, 6.45) is 4.64. The van der Waals surface area contributed by atoms with Gasteiger partial charge in [0, 0.05) is 0 Å². The van der Waals surface area contributed by atoms with E-state index in [0.717, 1.165) is 0 Å². The van der Waals surface area contributed by atoms with Gasteiger partial charge in [-0.2, -0.15) is 0 Å². The van der Waals surface area contributed by atoms with Crippen LogP contribution in [0.3, 0.4) is 0 Å². The molecule has 0 aromatic rings. The first kappa shape index (κ1) is 10.0. The third kappa shape index (κ3) is 24.4. The Morgan fingerprint density at radius 1 is 1.80 bits per heavy atom. The quantitative estimate of drug-likeness (QED) is 0.190. The predicted molar refractivity (Wildman–Crippen MR) is 19.4 cm³/mol. The standard InChI is InChI=1S/C2H5OS.K/c1-4(2)3;/h1H2,2H3;/q-1;+1. The third-order valence-electron chi connectivity index (χ3n) is 0. The molecule has 0 saturated heterocycles. The molecule has 0 rings (SSSR count). The van der Waals surface area contributed by atoms with Gasteiger partial charge in [-0.1, -0.05) is 0 Å². The van der Waals surface area contributed by atoms with Crippen LogP contribution < -0.4 is 51.4 Å². The zero-order valence-electron chi connectivity index (χ0n) is 3.52. The molecule has 0 aromatic heterocycles. The van der Waals surface area contributed by atoms with Crippen LogP contribution >= 0.6 is 0 Å². The summed E-state index contributed by atoms with van der Waals surface area (Å²) in [5.74, 6) is 0. The first-order valence-electron chi connectivity index (χ1n) is 0.864. The summed E-state index contributed by atoms with van der Waals surface area (Å²) >= 11 is -0.861. The zero-order chi connectivity index (χ0) is 3.58. The first-order chi connectivity index (χ1) is 1.73. The van der Waals surface area contributed by atoms with Gasteiger partial charge in [0.15, 0.2) is 0 Å². The van der Waals surface area contributed by atoms with E-state index in [2.05, 4.69) is 6.26 Å². The average molecular weight is 116 g/mol. The van der Waals surface area contributed by atoms with Gasteiger partial charge in [0.25, 0.3) is 0 Å². The zero-order valence-corrected chi connectivity index (χ0v) is 7.46. The smallest absolute Gasteiger partial charge is 0.644 e. The fourth-order valence-electron chi connectivity index (χ4n) is 0. The molecule has 0 amide bonds. The fraction of sp³-hybridized carbons (Fsp3) is 0.500. The minimum Gasteiger partial charge on any atom is -0.644 e. The molecule has 0 radical (unpaired) electrons. The van der Waals surface area contributed by atoms with Crippen LogP contribution in [0, 0.1) is 6.26 Å². The minimum atomic E-state index is -0.861. The van der Waals surface area contributed by atoms with Gasteiger partial charge < -0.3 is 4.55 Å². The Morgan fingerprint density at radius 3 is 1.80 bits per heavy atom. The van der Waals surface area contributed by atoms with Gasteiger partial charge in [0.05, 0.1) is 6.26 Å². The van der Waals surface area contributed by atoms with Gasteiger partial charge in [-0.3, -0.25) is 0 Å². The normalized spacial score (nSPS) is 12.6. The summed E-state index contributed by atoms with van der Waals surface area (Å²) in [6.45, 7) is 0. The van der Waals surface area contributed by atoms with Crippen molar-refractivity contribution in [1.82, 2.24) is 0 Å². The van der Waals surface area contributed by atoms with Crippen molar-refractivity contribution >= 4 is 11.2 Å². The van der Waals surface area contributed by atoms with Crippen molar-refractivity contribution < 1.29 is 55.9 Å². The van der Waals surface area contributed by atoms with Gasteiger partial charge in [-0.05, 0) is 0 Å². The van der Waals surface area contributed by atoms with Crippen molar-refractivity contribution in [3.8, 4) is 0 Å². The molecule has 0 heterocycles. The van der Waals surface area contributed by atoms with E-state index in [0.29, 0.717) is 0 Å². The molecule has 1 atom stereocenters. The fourth-order valence-corrected chi connectivity index (χ4v) is 0. The van der Waals surface area contributed by atoms with Crippen molar-refractivity contribution in [2.24, 2.45) is 0 Å². The van der Waals surface area contributed by atoms with Crippen LogP contribution in [-0.4, -0.2) is 10.8 Å². The van der Waals surface area contributed by atoms with Crippen LogP contribution in [0.2, 0.25) is 0 Å². The maximum Gasteiger partial charge on any atom is 1.00 e. The van der Waals surface area contributed by atoms with Gasteiger partial charge >= 0.3 is 51.4 Å². The molecular formula is C2H5KOS. The van der Waals surface area contributed by atoms with E-state index in [1.807, 2.05) is 0 Å². The maximum atomic E-state index is 9.44. The SMILES string of the molecule is [CH2-][S+](C)[O-].[K+]. The van der Waals surface area contributed by atoms with Crippen LogP contribution in [0.4, 0.5) is 0 Å². The second kappa shape index (κ2) is 5.95. The molecule has 0 aliphatic rings. The Kier molecular flexibility index (Phi) is 11.9. The second-order valence-corrected chi connectivity index (χ2v) is 1.72. The van der Waals surface area contributed by atoms with Crippen molar-refractivity contribution in [2.45, 2.75) is 0 Å². The van der Waals surface area contributed by atoms with Gasteiger partial charge in [0.1, 0.15) is 0 Å². The number of rotatable bonds is 0. The Bertz CT molecular complexity index is 14.4. The topological polar surface area (TPSA) is 23.1 Å². The van der Waals surface area contributed by atoms with Crippen molar-refractivity contribution in [1.29, 1.82) is 0 Å². The van der Waals surface area contributed by atoms with Crippen molar-refractivity contribution in [3.63, 3.8) is 0 Å². The molecule has 0 fully saturated rings. The first-order valence-corrected chi connectivity index (χ1v) is 2.59. The maximum absolute atomic E-state index is 9.44. The molecule has 1 unspecified atom stereocenters. The van der Waals surface area contributed by atoms with Crippen LogP contribution in [-0.2, 0) is 11.2 Å². The number of hydrogen-bond acceptors (Lipinski definition) is 1. The molecule has 0 aliphatic carbocycles. The molecule has 26 valence electrons. The van der Waals surface area contributed by atoms with Crippen LogP contribution in [0.25, 0.3) is 0 Å². The van der Waals surface area contributed by atoms with E-state index in [4.69, 9.17) is 0 Å². The van der Waals surface area contributed by atoms with Crippen LogP contribution in [0.5, 0.6) is 0 Å². The Morgan fingerprint density at radius 2 is 1.80 bits per heavy atom. The Labute approximate surface area is 78.1 Å². The molecule has 0 spiro atoms. The Hall–Kier alpha value is 1.95. The third-order valence-corrected chi connectivity index (χ3v) is 0. The predicted octanol–water partition coefficient (Wildman–Crippen LogP) is -2.84. The van der Waals surface area contributed by atoms with Crippen molar-refractivity contribution in [3.05, 3.63) is 6.26 Å². The molecule has 1 nitrogen and oxygen atoms in total. The summed E-state index contributed by atoms with van der Waals surface area (Å²) < 4.78 is 9.44. The van der Waals surface area contributed by atoms with E-state index < -0.39 is 11.2 Å². The molecule has 0 bridgehead atoms. The van der Waals surface area contributed by atoms with Crippen molar-refractivity contribution in [2.75, 3.05) is 6.26 Å². The summed E-state index contributed by atoms with van der Waals surface area (Å²) in [4.78, 5) is 0. The van der Waals surface area contributed by atoms with E-state index in [1.54, 1.807) is 0 Å². The second-order valence-electron chi connectivity index (χ2n) is 0.573. The monoisotopic (exact) mass is 116 g/mol. The molecule has 0 saturated carbocycles. The van der Waals surface area contributed by atoms with Gasteiger partial charge in [0.2, 0.25) is 0 Å². The summed E-state index contributed by atoms with van der Waals surface area (Å²) in [7, 11) is 0. The summed E-state index contributed by atoms with van der Waals surface area (Å²) in [5, 5.41) is 0. The number of hydrogen-bond donors (Lipinski definition) is 0. The molecule has 0 aromatic carbocycles. The Balaban J connectivity index is 0. The average Bonchev–Trinajstić information content (AvgIpc) is 0.811. The summed E-state index contributed by atoms with van der Waals surface area (Å²) in [5.41, 5.74) is 0. The summed E-state index contributed by atoms with van der Waals surface area (Å²) in [6, 6.07) is 0. The molecular weight excluding hydrogens is 111 g/mol. The van der Waals surface area contributed by atoms with Crippen LogP contribution in [0.15, 0.2) is 0 Å². The van der Waals surface area contributed by atoms with E-state index in [-0.39, 0.29) is 51.4 Å². The van der Waals surface area contributed by atoms with E-state index in [9.17, 15) is 4.55 Å². The molecule has 0 N–H and O–H groups in total. The van der Waals surface area contributed by atoms with Gasteiger partial charge in [-0.15, -0.1) is 6.26 Å². The van der Waals surface area contributed by atoms with E-state index in [1.165, 1.54) is 6.26 Å².